The number of morpholine rings is 1. The highest BCUT2D eigenvalue weighted by Gasteiger charge is 2.36. The van der Waals surface area contributed by atoms with Gasteiger partial charge in [-0.2, -0.15) is 17.0 Å². The molecule has 158 valence electrons. The van der Waals surface area contributed by atoms with E-state index in [9.17, 15) is 13.2 Å². The normalized spacial score (nSPS) is 23.4. The molecule has 1 unspecified atom stereocenters. The average Bonchev–Trinajstić information content (AvgIpc) is 2.59. The second kappa shape index (κ2) is 9.07. The molecule has 0 radical (unpaired) electrons. The molecule has 0 aromatic heterocycles. The molecule has 2 rings (SSSR count). The Bertz CT molecular complexity index is 597. The first kappa shape index (κ1) is 22.4. The van der Waals surface area contributed by atoms with Crippen molar-refractivity contribution >= 4 is 16.3 Å². The van der Waals surface area contributed by atoms with Gasteiger partial charge in [-0.3, -0.25) is 0 Å². The van der Waals surface area contributed by atoms with Crippen molar-refractivity contribution in [3.8, 4) is 0 Å². The summed E-state index contributed by atoms with van der Waals surface area (Å²) >= 11 is 0. The number of carbonyl (C=O) groups excluding carboxylic acids is 1. The van der Waals surface area contributed by atoms with Gasteiger partial charge in [0.1, 0.15) is 5.60 Å². The van der Waals surface area contributed by atoms with Gasteiger partial charge in [0.25, 0.3) is 10.2 Å². The zero-order chi connectivity index (χ0) is 20.2. The summed E-state index contributed by atoms with van der Waals surface area (Å²) in [6.07, 6.45) is 1.36. The predicted molar refractivity (Wildman–Crippen MR) is 104 cm³/mol. The van der Waals surface area contributed by atoms with Gasteiger partial charge in [0, 0.05) is 38.8 Å². The summed E-state index contributed by atoms with van der Waals surface area (Å²) in [4.78, 5) is 14.3. The van der Waals surface area contributed by atoms with E-state index in [1.807, 2.05) is 34.6 Å². The van der Waals surface area contributed by atoms with Gasteiger partial charge in [0.2, 0.25) is 0 Å². The largest absolute Gasteiger partial charge is 0.444 e. The van der Waals surface area contributed by atoms with Crippen LogP contribution in [0.1, 0.15) is 47.5 Å². The van der Waals surface area contributed by atoms with Gasteiger partial charge in [-0.25, -0.2) is 4.79 Å². The number of carbonyl (C=O) groups is 1. The standard InChI is InChI=1S/C18H35N3O5S/c1-15(2)21(17(22)26-18(3,4)5)14-16-7-6-8-20(13-16)27(23,24)19-9-11-25-12-10-19/h15-16H,6-14H2,1-5H3. The topological polar surface area (TPSA) is 79.4 Å². The van der Waals surface area contributed by atoms with Crippen molar-refractivity contribution in [2.45, 2.75) is 59.1 Å². The van der Waals surface area contributed by atoms with Gasteiger partial charge in [-0.1, -0.05) is 0 Å². The maximum Gasteiger partial charge on any atom is 0.410 e. The summed E-state index contributed by atoms with van der Waals surface area (Å²) < 4.78 is 39.7. The smallest absolute Gasteiger partial charge is 0.410 e. The molecule has 27 heavy (non-hydrogen) atoms. The predicted octanol–water partition coefficient (Wildman–Crippen LogP) is 1.92. The molecule has 2 heterocycles. The van der Waals surface area contributed by atoms with E-state index in [1.165, 1.54) is 4.31 Å². The van der Waals surface area contributed by atoms with Crippen molar-refractivity contribution < 1.29 is 22.7 Å². The SMILES string of the molecule is CC(C)N(CC1CCCN(S(=O)(=O)N2CCOCC2)C1)C(=O)OC(C)(C)C. The first-order valence-electron chi connectivity index (χ1n) is 9.83. The summed E-state index contributed by atoms with van der Waals surface area (Å²) in [6.45, 7) is 12.6. The average molecular weight is 406 g/mol. The van der Waals surface area contributed by atoms with Crippen LogP contribution in [0.15, 0.2) is 0 Å². The van der Waals surface area contributed by atoms with Crippen LogP contribution in [0, 0.1) is 5.92 Å². The fraction of sp³-hybridized carbons (Fsp3) is 0.944. The second-order valence-corrected chi connectivity index (χ2v) is 10.5. The third-order valence-electron chi connectivity index (χ3n) is 4.81. The minimum Gasteiger partial charge on any atom is -0.444 e. The van der Waals surface area contributed by atoms with Crippen LogP contribution < -0.4 is 0 Å². The Kier molecular flexibility index (Phi) is 7.52. The molecule has 2 saturated heterocycles. The van der Waals surface area contributed by atoms with Crippen LogP contribution in [0.4, 0.5) is 4.79 Å². The Balaban J connectivity index is 2.02. The Labute approximate surface area is 163 Å². The third kappa shape index (κ3) is 6.30. The van der Waals surface area contributed by atoms with Crippen molar-refractivity contribution in [3.05, 3.63) is 0 Å². The zero-order valence-electron chi connectivity index (χ0n) is 17.3. The minimum atomic E-state index is -3.47. The van der Waals surface area contributed by atoms with Crippen molar-refractivity contribution in [2.75, 3.05) is 45.9 Å². The van der Waals surface area contributed by atoms with E-state index in [2.05, 4.69) is 0 Å². The van der Waals surface area contributed by atoms with Crippen LogP contribution >= 0.6 is 0 Å². The summed E-state index contributed by atoms with van der Waals surface area (Å²) in [5, 5.41) is 0. The molecule has 0 aromatic carbocycles. The number of hydrogen-bond acceptors (Lipinski definition) is 5. The number of amides is 1. The van der Waals surface area contributed by atoms with E-state index in [0.29, 0.717) is 45.9 Å². The van der Waals surface area contributed by atoms with Gasteiger partial charge < -0.3 is 14.4 Å². The van der Waals surface area contributed by atoms with Gasteiger partial charge in [0.05, 0.1) is 13.2 Å². The second-order valence-electron chi connectivity index (χ2n) is 8.61. The van der Waals surface area contributed by atoms with E-state index in [4.69, 9.17) is 9.47 Å². The van der Waals surface area contributed by atoms with Crippen LogP contribution in [0.2, 0.25) is 0 Å². The zero-order valence-corrected chi connectivity index (χ0v) is 18.1. The monoisotopic (exact) mass is 405 g/mol. The Hall–Kier alpha value is -0.900. The van der Waals surface area contributed by atoms with Gasteiger partial charge in [-0.05, 0) is 53.4 Å². The number of ether oxygens (including phenoxy) is 2. The first-order valence-corrected chi connectivity index (χ1v) is 11.2. The first-order chi connectivity index (χ1) is 12.5. The minimum absolute atomic E-state index is 0.00826. The highest BCUT2D eigenvalue weighted by Crippen LogP contribution is 2.24. The van der Waals surface area contributed by atoms with Crippen molar-refractivity contribution in [1.82, 2.24) is 13.5 Å². The Morgan fingerprint density at radius 3 is 2.37 bits per heavy atom. The summed E-state index contributed by atoms with van der Waals surface area (Å²) in [5.41, 5.74) is -0.553. The van der Waals surface area contributed by atoms with Crippen molar-refractivity contribution in [3.63, 3.8) is 0 Å². The van der Waals surface area contributed by atoms with E-state index in [0.717, 1.165) is 12.8 Å². The fourth-order valence-corrected chi connectivity index (χ4v) is 5.12. The molecule has 0 spiro atoms. The van der Waals surface area contributed by atoms with Crippen LogP contribution in [-0.2, 0) is 19.7 Å². The van der Waals surface area contributed by atoms with Gasteiger partial charge in [-0.15, -0.1) is 0 Å². The number of rotatable bonds is 5. The van der Waals surface area contributed by atoms with E-state index >= 15 is 0 Å². The summed E-state index contributed by atoms with van der Waals surface area (Å²) in [7, 11) is -3.47. The van der Waals surface area contributed by atoms with Crippen molar-refractivity contribution in [2.24, 2.45) is 5.92 Å². The molecule has 8 nitrogen and oxygen atoms in total. The molecular formula is C18H35N3O5S. The third-order valence-corrected chi connectivity index (χ3v) is 6.81. The molecule has 2 aliphatic rings. The molecule has 0 bridgehead atoms. The fourth-order valence-electron chi connectivity index (χ4n) is 3.42. The Morgan fingerprint density at radius 2 is 1.81 bits per heavy atom. The summed E-state index contributed by atoms with van der Waals surface area (Å²) in [5.74, 6) is 0.101. The molecule has 0 aliphatic carbocycles. The quantitative estimate of drug-likeness (QED) is 0.698. The number of nitrogens with zero attached hydrogens (tertiary/aromatic N) is 3. The molecule has 2 aliphatic heterocycles. The maximum atomic E-state index is 12.9. The molecule has 2 fully saturated rings. The molecule has 0 saturated carbocycles. The number of piperidine rings is 1. The van der Waals surface area contributed by atoms with Gasteiger partial charge >= 0.3 is 6.09 Å². The van der Waals surface area contributed by atoms with Crippen LogP contribution in [0.25, 0.3) is 0 Å². The molecule has 9 heteroatoms. The molecule has 0 N–H and O–H groups in total. The van der Waals surface area contributed by atoms with E-state index in [1.54, 1.807) is 9.21 Å². The van der Waals surface area contributed by atoms with E-state index in [-0.39, 0.29) is 18.1 Å². The highest BCUT2D eigenvalue weighted by molar-refractivity contribution is 7.86. The lowest BCUT2D eigenvalue weighted by Gasteiger charge is -2.39. The van der Waals surface area contributed by atoms with Gasteiger partial charge in [0.15, 0.2) is 0 Å². The maximum absolute atomic E-state index is 12.9. The molecule has 1 atom stereocenters. The van der Waals surface area contributed by atoms with Crippen LogP contribution in [-0.4, -0.2) is 85.6 Å². The van der Waals surface area contributed by atoms with Crippen molar-refractivity contribution in [1.29, 1.82) is 0 Å². The number of hydrogen-bond donors (Lipinski definition) is 0. The lowest BCUT2D eigenvalue weighted by atomic mass is 9.98. The van der Waals surface area contributed by atoms with Crippen LogP contribution in [0.5, 0.6) is 0 Å². The molecular weight excluding hydrogens is 370 g/mol. The Morgan fingerprint density at radius 1 is 1.19 bits per heavy atom. The van der Waals surface area contributed by atoms with E-state index < -0.39 is 15.8 Å². The highest BCUT2D eigenvalue weighted by atomic mass is 32.2. The molecule has 0 aromatic rings. The molecule has 1 amide bonds. The van der Waals surface area contributed by atoms with Crippen LogP contribution in [0.3, 0.4) is 0 Å². The lowest BCUT2D eigenvalue weighted by molar-refractivity contribution is 0.0135. The summed E-state index contributed by atoms with van der Waals surface area (Å²) in [6, 6.07) is -0.00826. The lowest BCUT2D eigenvalue weighted by Crippen LogP contribution is -2.53.